The van der Waals surface area contributed by atoms with Gasteiger partial charge in [0.25, 0.3) is 5.91 Å². The largest absolute Gasteiger partial charge is 0.467 e. The summed E-state index contributed by atoms with van der Waals surface area (Å²) in [5, 5.41) is 4.10. The van der Waals surface area contributed by atoms with Gasteiger partial charge in [-0.05, 0) is 40.8 Å². The number of nitrogens with one attached hydrogen (secondary N) is 1. The molecule has 0 aliphatic rings. The van der Waals surface area contributed by atoms with E-state index in [4.69, 9.17) is 9.15 Å². The van der Waals surface area contributed by atoms with Gasteiger partial charge in [-0.3, -0.25) is 4.79 Å². The maximum Gasteiger partial charge on any atom is 0.261 e. The van der Waals surface area contributed by atoms with Gasteiger partial charge in [0.2, 0.25) is 0 Å². The van der Waals surface area contributed by atoms with E-state index in [9.17, 15) is 4.79 Å². The lowest BCUT2D eigenvalue weighted by Gasteiger charge is -2.07. The number of ether oxygens (including phenoxy) is 1. The molecule has 1 N–H and O–H groups in total. The first-order chi connectivity index (χ1) is 13.3. The number of hydrogen-bond acceptors (Lipinski definition) is 4. The van der Waals surface area contributed by atoms with Crippen LogP contribution in [0.25, 0.3) is 10.1 Å². The van der Waals surface area contributed by atoms with Crippen molar-refractivity contribution in [3.8, 4) is 0 Å². The second-order valence-electron chi connectivity index (χ2n) is 6.22. The van der Waals surface area contributed by atoms with Gasteiger partial charge < -0.3 is 14.5 Å². The number of carbonyl (C=O) groups is 1. The summed E-state index contributed by atoms with van der Waals surface area (Å²) in [6.07, 6.45) is 1.64. The van der Waals surface area contributed by atoms with Crippen molar-refractivity contribution in [3.63, 3.8) is 0 Å². The van der Waals surface area contributed by atoms with Crippen molar-refractivity contribution in [2.45, 2.75) is 19.8 Å². The van der Waals surface area contributed by atoms with Gasteiger partial charge in [0.15, 0.2) is 0 Å². The lowest BCUT2D eigenvalue weighted by molar-refractivity contribution is 0.0928. The highest BCUT2D eigenvalue weighted by Gasteiger charge is 2.10. The molecule has 2 aromatic carbocycles. The highest BCUT2D eigenvalue weighted by atomic mass is 32.1. The molecule has 0 unspecified atom stereocenters. The summed E-state index contributed by atoms with van der Waals surface area (Å²) in [4.78, 5) is 13.2. The monoisotopic (exact) mass is 377 g/mol. The molecule has 4 rings (SSSR count). The number of furan rings is 1. The third kappa shape index (κ3) is 4.45. The average molecular weight is 377 g/mol. The second kappa shape index (κ2) is 8.20. The molecule has 4 nitrogen and oxygen atoms in total. The van der Waals surface area contributed by atoms with Crippen LogP contribution in [0.5, 0.6) is 0 Å². The summed E-state index contributed by atoms with van der Waals surface area (Å²) in [6.45, 7) is 1.43. The van der Waals surface area contributed by atoms with Crippen molar-refractivity contribution in [1.82, 2.24) is 5.32 Å². The summed E-state index contributed by atoms with van der Waals surface area (Å²) in [5.41, 5.74) is 2.11. The van der Waals surface area contributed by atoms with Gasteiger partial charge in [-0.15, -0.1) is 11.3 Å². The smallest absolute Gasteiger partial charge is 0.261 e. The Hall–Kier alpha value is -2.89. The van der Waals surface area contributed by atoms with Gasteiger partial charge in [0.1, 0.15) is 12.4 Å². The number of amides is 1. The highest BCUT2D eigenvalue weighted by Crippen LogP contribution is 2.25. The molecule has 0 radical (unpaired) electrons. The summed E-state index contributed by atoms with van der Waals surface area (Å²) in [7, 11) is 0. The Balaban J connectivity index is 1.33. The Morgan fingerprint density at radius 1 is 0.963 bits per heavy atom. The summed E-state index contributed by atoms with van der Waals surface area (Å²) in [5.74, 6) is 0.762. The first-order valence-electron chi connectivity index (χ1n) is 8.73. The molecule has 0 bridgehead atoms. The molecular formula is C22H19NO3S. The van der Waals surface area contributed by atoms with E-state index in [2.05, 4.69) is 5.32 Å². The maximum atomic E-state index is 12.4. The molecule has 5 heteroatoms. The van der Waals surface area contributed by atoms with Gasteiger partial charge in [-0.1, -0.05) is 42.5 Å². The minimum atomic E-state index is -0.0457. The van der Waals surface area contributed by atoms with Crippen LogP contribution in [0.4, 0.5) is 0 Å². The zero-order chi connectivity index (χ0) is 18.5. The van der Waals surface area contributed by atoms with Crippen LogP contribution in [0.3, 0.4) is 0 Å². The Bertz CT molecular complexity index is 1000. The van der Waals surface area contributed by atoms with E-state index in [0.717, 1.165) is 31.9 Å². The third-order valence-electron chi connectivity index (χ3n) is 4.19. The van der Waals surface area contributed by atoms with Gasteiger partial charge in [0.05, 0.1) is 17.7 Å². The van der Waals surface area contributed by atoms with Gasteiger partial charge >= 0.3 is 0 Å². The van der Waals surface area contributed by atoms with Crippen molar-refractivity contribution < 1.29 is 13.9 Å². The van der Waals surface area contributed by atoms with Crippen molar-refractivity contribution in [3.05, 3.63) is 94.8 Å². The molecule has 0 aliphatic heterocycles. The Labute approximate surface area is 161 Å². The molecule has 27 heavy (non-hydrogen) atoms. The van der Waals surface area contributed by atoms with Crippen LogP contribution in [0.2, 0.25) is 0 Å². The molecule has 2 aromatic heterocycles. The quantitative estimate of drug-likeness (QED) is 0.485. The van der Waals surface area contributed by atoms with Gasteiger partial charge in [-0.25, -0.2) is 0 Å². The Morgan fingerprint density at radius 3 is 2.70 bits per heavy atom. The molecule has 136 valence electrons. The number of thiophene rings is 1. The van der Waals surface area contributed by atoms with Crippen molar-refractivity contribution in [1.29, 1.82) is 0 Å². The zero-order valence-electron chi connectivity index (χ0n) is 14.7. The SMILES string of the molecule is O=C(NCc1cccc(COCc2ccco2)c1)c1cc2ccccc2s1. The number of hydrogen-bond donors (Lipinski definition) is 1. The standard InChI is InChI=1S/C22H19NO3S/c24-22(21-12-18-7-1-2-9-20(18)27-21)23-13-16-5-3-6-17(11-16)14-25-15-19-8-4-10-26-19/h1-12H,13-15H2,(H,23,24). The summed E-state index contributed by atoms with van der Waals surface area (Å²) < 4.78 is 12.0. The van der Waals surface area contributed by atoms with Gasteiger partial charge in [0, 0.05) is 11.2 Å². The van der Waals surface area contributed by atoms with Crippen molar-refractivity contribution in [2.24, 2.45) is 0 Å². The van der Waals surface area contributed by atoms with Gasteiger partial charge in [-0.2, -0.15) is 0 Å². The number of benzene rings is 2. The molecule has 2 heterocycles. The molecule has 1 amide bonds. The zero-order valence-corrected chi connectivity index (χ0v) is 15.5. The molecule has 0 spiro atoms. The van der Waals surface area contributed by atoms with Crippen LogP contribution in [-0.4, -0.2) is 5.91 Å². The number of fused-ring (bicyclic) bond motifs is 1. The highest BCUT2D eigenvalue weighted by molar-refractivity contribution is 7.20. The third-order valence-corrected chi connectivity index (χ3v) is 5.30. The summed E-state index contributed by atoms with van der Waals surface area (Å²) >= 11 is 1.51. The van der Waals surface area contributed by atoms with E-state index in [1.807, 2.05) is 66.7 Å². The molecule has 0 atom stereocenters. The number of rotatable bonds is 7. The van der Waals surface area contributed by atoms with E-state index in [0.29, 0.717) is 19.8 Å². The molecule has 0 saturated carbocycles. The second-order valence-corrected chi connectivity index (χ2v) is 7.31. The minimum Gasteiger partial charge on any atom is -0.467 e. The van der Waals surface area contributed by atoms with Crippen molar-refractivity contribution in [2.75, 3.05) is 0 Å². The van der Waals surface area contributed by atoms with Crippen molar-refractivity contribution >= 4 is 27.3 Å². The summed E-state index contributed by atoms with van der Waals surface area (Å²) in [6, 6.07) is 21.7. The molecule has 0 saturated heterocycles. The molecule has 4 aromatic rings. The van der Waals surface area contributed by atoms with E-state index in [-0.39, 0.29) is 5.91 Å². The number of carbonyl (C=O) groups excluding carboxylic acids is 1. The van der Waals surface area contributed by atoms with Crippen LogP contribution in [-0.2, 0) is 24.5 Å². The Morgan fingerprint density at radius 2 is 1.85 bits per heavy atom. The van der Waals surface area contributed by atoms with E-state index in [1.165, 1.54) is 11.3 Å². The topological polar surface area (TPSA) is 51.5 Å². The van der Waals surface area contributed by atoms with Crippen LogP contribution in [0.1, 0.15) is 26.6 Å². The Kier molecular flexibility index (Phi) is 5.32. The normalized spacial score (nSPS) is 11.0. The average Bonchev–Trinajstić information content (AvgIpc) is 3.36. The molecule has 0 aliphatic carbocycles. The fourth-order valence-electron chi connectivity index (χ4n) is 2.86. The van der Waals surface area contributed by atoms with Crippen LogP contribution in [0.15, 0.2) is 77.4 Å². The van der Waals surface area contributed by atoms with Crippen LogP contribution >= 0.6 is 11.3 Å². The minimum absolute atomic E-state index is 0.0457. The lowest BCUT2D eigenvalue weighted by Crippen LogP contribution is -2.21. The first kappa shape index (κ1) is 17.5. The van der Waals surface area contributed by atoms with E-state index in [1.54, 1.807) is 6.26 Å². The lowest BCUT2D eigenvalue weighted by atomic mass is 10.1. The molecular weight excluding hydrogens is 358 g/mol. The van der Waals surface area contributed by atoms with Crippen LogP contribution in [0, 0.1) is 0 Å². The van der Waals surface area contributed by atoms with E-state index < -0.39 is 0 Å². The first-order valence-corrected chi connectivity index (χ1v) is 9.54. The predicted octanol–water partition coefficient (Wildman–Crippen LogP) is 5.14. The van der Waals surface area contributed by atoms with Crippen LogP contribution < -0.4 is 5.32 Å². The van der Waals surface area contributed by atoms with E-state index >= 15 is 0 Å². The predicted molar refractivity (Wildman–Crippen MR) is 107 cm³/mol. The fraction of sp³-hybridized carbons (Fsp3) is 0.136. The fourth-order valence-corrected chi connectivity index (χ4v) is 3.84. The maximum absolute atomic E-state index is 12.4. The molecule has 0 fully saturated rings.